The monoisotopic (exact) mass is 1130 g/mol. The second-order valence-electron chi connectivity index (χ2n) is 21.7. The summed E-state index contributed by atoms with van der Waals surface area (Å²) in [7, 11) is 0. The van der Waals surface area contributed by atoms with Crippen LogP contribution in [0, 0.1) is 11.8 Å². The van der Waals surface area contributed by atoms with Crippen molar-refractivity contribution in [3.8, 4) is 0 Å². The molecule has 1 saturated heterocycles. The third-order valence-electron chi connectivity index (χ3n) is 14.2. The van der Waals surface area contributed by atoms with Crippen LogP contribution in [0.2, 0.25) is 0 Å². The lowest BCUT2D eigenvalue weighted by atomic mass is 9.98. The van der Waals surface area contributed by atoms with Gasteiger partial charge in [-0.15, -0.1) is 0 Å². The van der Waals surface area contributed by atoms with Crippen molar-refractivity contribution in [1.82, 2.24) is 46.8 Å². The standard InChI is InChI=1S/C58H78N14O10/c1-32(2)24-43(50(60)75)67-52(77)44(25-33(3)4)68-54(79)47(28-36-31-65-41-19-11-9-17-38(36)41)71-53(78)45(26-34-14-6-5-7-15-34)69-55(80)46(27-35-30-64-40-18-10-8-16-37(35)40)70-51(76)42(20-12-22-63-58(61)62)66-56(81)48-21-13-23-72(48)57(82)39(59)29-49(73)74/h5-11,14-19,30-33,39,42-48,64-65H,12-13,20-29,59H2,1-4H3,(H2,60,75)(H,66,81)(H,67,77)(H,68,79)(H,69,80)(H,70,76)(H,71,78)(H,73,74)(H4,61,62,63). The first kappa shape index (κ1) is 62.4. The van der Waals surface area contributed by atoms with Gasteiger partial charge in [-0.25, -0.2) is 0 Å². The molecule has 8 amide bonds. The first-order valence-corrected chi connectivity index (χ1v) is 27.7. The molecule has 1 aliphatic rings. The highest BCUT2D eigenvalue weighted by Crippen LogP contribution is 2.23. The van der Waals surface area contributed by atoms with E-state index in [1.54, 1.807) is 42.7 Å². The number of para-hydroxylation sites is 2. The molecule has 5 aromatic rings. The van der Waals surface area contributed by atoms with Gasteiger partial charge >= 0.3 is 5.97 Å². The number of aromatic amines is 2. The van der Waals surface area contributed by atoms with Crippen LogP contribution < -0.4 is 54.8 Å². The number of aromatic nitrogens is 2. The van der Waals surface area contributed by atoms with Gasteiger partial charge in [0.2, 0.25) is 47.3 Å². The number of H-pyrrole nitrogens is 2. The number of rotatable bonds is 30. The number of aliphatic carboxylic acids is 1. The van der Waals surface area contributed by atoms with E-state index in [1.807, 2.05) is 76.2 Å². The van der Waals surface area contributed by atoms with Crippen LogP contribution in [0.25, 0.3) is 21.8 Å². The van der Waals surface area contributed by atoms with Gasteiger partial charge in [-0.1, -0.05) is 94.4 Å². The maximum absolute atomic E-state index is 15.1. The summed E-state index contributed by atoms with van der Waals surface area (Å²) in [5.74, 6) is -7.54. The van der Waals surface area contributed by atoms with Crippen LogP contribution in [-0.2, 0) is 62.4 Å². The number of nitrogens with zero attached hydrogens (tertiary/aromatic N) is 2. The van der Waals surface area contributed by atoms with E-state index in [0.29, 0.717) is 23.1 Å². The molecular weight excluding hydrogens is 1050 g/mol. The van der Waals surface area contributed by atoms with Crippen molar-refractivity contribution in [2.45, 2.75) is 140 Å². The summed E-state index contributed by atoms with van der Waals surface area (Å²) in [5.41, 5.74) is 26.2. The van der Waals surface area contributed by atoms with Crippen molar-refractivity contribution in [1.29, 1.82) is 0 Å². The first-order valence-electron chi connectivity index (χ1n) is 27.7. The molecule has 17 N–H and O–H groups in total. The van der Waals surface area contributed by atoms with E-state index in [4.69, 9.17) is 22.9 Å². The molecule has 0 saturated carbocycles. The molecule has 3 aromatic carbocycles. The SMILES string of the molecule is CC(C)CC(NC(=O)C(CC(C)C)NC(=O)C(Cc1c[nH]c2ccccc12)NC(=O)C(Cc1ccccc1)NC(=O)C(Cc1c[nH]c2ccccc12)NC(=O)C(CCCN=C(N)N)NC(=O)C1CCCN1C(=O)C(N)CC(=O)O)C(N)=O. The number of carbonyl (C=O) groups is 9. The highest BCUT2D eigenvalue weighted by atomic mass is 16.4. The lowest BCUT2D eigenvalue weighted by molar-refractivity contribution is -0.144. The Morgan fingerprint density at radius 3 is 1.59 bits per heavy atom. The predicted octanol–water partition coefficient (Wildman–Crippen LogP) is 1.01. The van der Waals surface area contributed by atoms with Gasteiger partial charge < -0.3 is 74.8 Å². The molecule has 0 aliphatic carbocycles. The van der Waals surface area contributed by atoms with E-state index in [9.17, 15) is 38.7 Å². The number of primary amides is 1. The van der Waals surface area contributed by atoms with E-state index in [-0.39, 0.29) is 82.3 Å². The zero-order valence-corrected chi connectivity index (χ0v) is 46.7. The Balaban J connectivity index is 1.33. The summed E-state index contributed by atoms with van der Waals surface area (Å²) in [5, 5.41) is 27.7. The lowest BCUT2D eigenvalue weighted by Crippen LogP contribution is -2.61. The molecular formula is C58H78N14O10. The Bertz CT molecular complexity index is 3080. The molecule has 0 spiro atoms. The topological polar surface area (TPSA) is 397 Å². The Labute approximate surface area is 475 Å². The van der Waals surface area contributed by atoms with Gasteiger partial charge in [0, 0.05) is 66.6 Å². The second-order valence-corrected chi connectivity index (χ2v) is 21.7. The fourth-order valence-corrected chi connectivity index (χ4v) is 10.1. The number of guanidine groups is 1. The van der Waals surface area contributed by atoms with Crippen LogP contribution >= 0.6 is 0 Å². The van der Waals surface area contributed by atoms with Gasteiger partial charge in [-0.3, -0.25) is 48.1 Å². The first-order chi connectivity index (χ1) is 39.1. The minimum atomic E-state index is -1.42. The number of carbonyl (C=O) groups excluding carboxylic acids is 8. The minimum absolute atomic E-state index is 0.00156. The number of carboxylic acids is 1. The molecule has 1 aliphatic heterocycles. The van der Waals surface area contributed by atoms with Crippen LogP contribution in [0.1, 0.15) is 89.3 Å². The molecule has 0 radical (unpaired) electrons. The molecule has 2 aromatic heterocycles. The molecule has 1 fully saturated rings. The Morgan fingerprint density at radius 2 is 1.07 bits per heavy atom. The summed E-state index contributed by atoms with van der Waals surface area (Å²) in [6, 6.07) is 13.4. The number of likely N-dealkylation sites (tertiary alicyclic amines) is 1. The molecule has 8 atom stereocenters. The van der Waals surface area contributed by atoms with Crippen LogP contribution in [0.15, 0.2) is 96.2 Å². The number of carboxylic acid groups (broad SMARTS) is 1. The highest BCUT2D eigenvalue weighted by Gasteiger charge is 2.39. The number of benzene rings is 3. The Hall–Kier alpha value is -8.80. The van der Waals surface area contributed by atoms with Crippen LogP contribution in [0.5, 0.6) is 0 Å². The predicted molar refractivity (Wildman–Crippen MR) is 309 cm³/mol. The maximum Gasteiger partial charge on any atom is 0.305 e. The van der Waals surface area contributed by atoms with Crippen LogP contribution in [-0.4, -0.2) is 141 Å². The largest absolute Gasteiger partial charge is 0.481 e. The van der Waals surface area contributed by atoms with E-state index < -0.39 is 108 Å². The van der Waals surface area contributed by atoms with E-state index in [0.717, 1.165) is 21.8 Å². The van der Waals surface area contributed by atoms with Gasteiger partial charge in [-0.05, 0) is 79.2 Å². The highest BCUT2D eigenvalue weighted by molar-refractivity contribution is 5.99. The minimum Gasteiger partial charge on any atom is -0.481 e. The zero-order chi connectivity index (χ0) is 59.6. The summed E-state index contributed by atoms with van der Waals surface area (Å²) in [4.78, 5) is 137. The van der Waals surface area contributed by atoms with E-state index in [2.05, 4.69) is 46.9 Å². The number of hydrogen-bond donors (Lipinski definition) is 13. The zero-order valence-electron chi connectivity index (χ0n) is 46.7. The lowest BCUT2D eigenvalue weighted by Gasteiger charge is -2.29. The molecule has 440 valence electrons. The number of nitrogens with two attached hydrogens (primary N) is 4. The molecule has 82 heavy (non-hydrogen) atoms. The van der Waals surface area contributed by atoms with Gasteiger partial charge in [0.25, 0.3) is 0 Å². The molecule has 24 heteroatoms. The average Bonchev–Trinajstić information content (AvgIpc) is 4.30. The maximum atomic E-state index is 15.1. The Morgan fingerprint density at radius 1 is 0.610 bits per heavy atom. The van der Waals surface area contributed by atoms with Crippen molar-refractivity contribution in [2.24, 2.45) is 39.8 Å². The van der Waals surface area contributed by atoms with Gasteiger partial charge in [0.05, 0.1) is 12.5 Å². The van der Waals surface area contributed by atoms with Crippen molar-refractivity contribution in [3.63, 3.8) is 0 Å². The fourth-order valence-electron chi connectivity index (χ4n) is 10.1. The van der Waals surface area contributed by atoms with Gasteiger partial charge in [-0.2, -0.15) is 0 Å². The molecule has 24 nitrogen and oxygen atoms in total. The molecule has 6 rings (SSSR count). The molecule has 3 heterocycles. The number of fused-ring (bicyclic) bond motifs is 2. The summed E-state index contributed by atoms with van der Waals surface area (Å²) >= 11 is 0. The van der Waals surface area contributed by atoms with Gasteiger partial charge in [0.1, 0.15) is 42.3 Å². The Kier molecular flexibility index (Phi) is 22.5. The van der Waals surface area contributed by atoms with Crippen molar-refractivity contribution in [3.05, 3.63) is 108 Å². The number of aliphatic imine (C=N–C) groups is 1. The van der Waals surface area contributed by atoms with Gasteiger partial charge in [0.15, 0.2) is 5.96 Å². The summed E-state index contributed by atoms with van der Waals surface area (Å²) in [6.45, 7) is 7.68. The van der Waals surface area contributed by atoms with E-state index >= 15 is 9.59 Å². The van der Waals surface area contributed by atoms with Crippen LogP contribution in [0.4, 0.5) is 0 Å². The van der Waals surface area contributed by atoms with Crippen molar-refractivity contribution in [2.75, 3.05) is 13.1 Å². The normalized spacial score (nSPS) is 15.8. The average molecular weight is 1130 g/mol. The summed E-state index contributed by atoms with van der Waals surface area (Å²) < 4.78 is 0. The van der Waals surface area contributed by atoms with Crippen molar-refractivity contribution < 1.29 is 48.3 Å². The smallest absolute Gasteiger partial charge is 0.305 e. The number of nitrogens with one attached hydrogen (secondary N) is 8. The fraction of sp³-hybridized carbons (Fsp3) is 0.448. The quantitative estimate of drug-likeness (QED) is 0.0174. The van der Waals surface area contributed by atoms with E-state index in [1.165, 1.54) is 4.90 Å². The third-order valence-corrected chi connectivity index (χ3v) is 14.2. The molecule has 0 bridgehead atoms. The van der Waals surface area contributed by atoms with Crippen LogP contribution in [0.3, 0.4) is 0 Å². The number of amides is 8. The molecule has 8 unspecified atom stereocenters. The summed E-state index contributed by atoms with van der Waals surface area (Å²) in [6.07, 6.45) is 3.62. The van der Waals surface area contributed by atoms with Crippen molar-refractivity contribution >= 4 is 81.0 Å². The second kappa shape index (κ2) is 29.6. The number of hydrogen-bond acceptors (Lipinski definition) is 11. The third kappa shape index (κ3) is 17.9.